The molecule has 4 heterocycles. The number of aryl methyl sites for hydroxylation is 2. The molecule has 2 fully saturated rings. The Balaban J connectivity index is 1.17. The van der Waals surface area contributed by atoms with Crippen molar-refractivity contribution in [3.63, 3.8) is 0 Å². The van der Waals surface area contributed by atoms with Crippen molar-refractivity contribution < 1.29 is 58.4 Å². The number of hydrogen-bond acceptors (Lipinski definition) is 15. The van der Waals surface area contributed by atoms with E-state index in [2.05, 4.69) is 0 Å². The molecule has 10 atom stereocenters. The second-order valence-corrected chi connectivity index (χ2v) is 13.5. The van der Waals surface area contributed by atoms with Crippen LogP contribution in [-0.2, 0) is 32.2 Å². The molecule has 14 nitrogen and oxygen atoms in total. The van der Waals surface area contributed by atoms with Crippen LogP contribution in [0.2, 0.25) is 0 Å². The summed E-state index contributed by atoms with van der Waals surface area (Å²) in [6.45, 7) is 1.71. The molecular formula is C34H38O14S. The molecule has 2 aliphatic heterocycles. The fourth-order valence-electron chi connectivity index (χ4n) is 5.95. The van der Waals surface area contributed by atoms with E-state index in [1.807, 2.05) is 26.0 Å². The topological polar surface area (TPSA) is 219 Å². The molecule has 264 valence electrons. The molecule has 0 aliphatic carbocycles. The summed E-state index contributed by atoms with van der Waals surface area (Å²) in [4.78, 5) is 25.3. The van der Waals surface area contributed by atoms with Crippen LogP contribution in [0.4, 0.5) is 0 Å². The van der Waals surface area contributed by atoms with Gasteiger partial charge in [-0.2, -0.15) is 0 Å². The second kappa shape index (κ2) is 15.0. The minimum absolute atomic E-state index is 0.133. The molecule has 0 amide bonds. The van der Waals surface area contributed by atoms with Crippen LogP contribution in [0.1, 0.15) is 22.3 Å². The molecule has 0 saturated carbocycles. The van der Waals surface area contributed by atoms with Crippen molar-refractivity contribution in [3.05, 3.63) is 91.6 Å². The fourth-order valence-corrected chi connectivity index (χ4v) is 7.26. The maximum atomic E-state index is 12.7. The molecule has 0 radical (unpaired) electrons. The van der Waals surface area contributed by atoms with Crippen molar-refractivity contribution in [1.82, 2.24) is 0 Å². The average Bonchev–Trinajstić information content (AvgIpc) is 3.07. The van der Waals surface area contributed by atoms with Gasteiger partial charge in [0.25, 0.3) is 0 Å². The molecule has 6 N–H and O–H groups in total. The first kappa shape index (κ1) is 35.6. The Hall–Kier alpha value is -3.19. The first-order valence-electron chi connectivity index (χ1n) is 15.7. The van der Waals surface area contributed by atoms with E-state index in [-0.39, 0.29) is 24.3 Å². The van der Waals surface area contributed by atoms with Gasteiger partial charge in [0.1, 0.15) is 70.9 Å². The van der Waals surface area contributed by atoms with E-state index < -0.39 is 84.2 Å². The standard InChI is InChI=1S/C34H38O14S/c1-15-3-5-17-9-19(31(41)45-21(17)7-15)13-43-29-25(37)23(11-35)47-33(27(29)39)49-34-28(40)30(26(38)24(12-36)48-34)44-14-20-10-18-6-4-16(2)8-22(18)46-32(20)42/h3-10,23-30,33-40H,11-14H2,1-2H3/t23-,24-,25+,26+,27-,28-,29+,30+,33+,34+/m1/s1. The van der Waals surface area contributed by atoms with E-state index in [4.69, 9.17) is 27.8 Å². The molecule has 2 aromatic heterocycles. The lowest BCUT2D eigenvalue weighted by Crippen LogP contribution is -2.61. The van der Waals surface area contributed by atoms with Crippen molar-refractivity contribution in [2.75, 3.05) is 13.2 Å². The van der Waals surface area contributed by atoms with Gasteiger partial charge in [-0.1, -0.05) is 36.0 Å². The van der Waals surface area contributed by atoms with E-state index in [1.165, 1.54) is 0 Å². The third kappa shape index (κ3) is 7.48. The monoisotopic (exact) mass is 702 g/mol. The Morgan fingerprint density at radius 3 is 1.43 bits per heavy atom. The van der Waals surface area contributed by atoms with E-state index >= 15 is 0 Å². The van der Waals surface area contributed by atoms with Gasteiger partial charge in [0, 0.05) is 10.8 Å². The van der Waals surface area contributed by atoms with Gasteiger partial charge < -0.3 is 58.4 Å². The summed E-state index contributed by atoms with van der Waals surface area (Å²) in [6, 6.07) is 13.9. The predicted octanol–water partition coefficient (Wildman–Crippen LogP) is 0.598. The summed E-state index contributed by atoms with van der Waals surface area (Å²) in [5.74, 6) is 0. The van der Waals surface area contributed by atoms with Crippen molar-refractivity contribution in [2.45, 2.75) is 86.8 Å². The maximum absolute atomic E-state index is 12.7. The SMILES string of the molecule is Cc1ccc2cc(CO[C@H]3[C@@H](O)[C@@H](CO)O[C@@H](S[C@@H]4O[C@H](CO)[C@H](O)[C@H](OCc5cc6ccc(C)cc6oc5=O)[C@H]4O)[C@@H]3O)c(=O)oc2c1. The number of thioether (sulfide) groups is 1. The van der Waals surface area contributed by atoms with Crippen molar-refractivity contribution in [2.24, 2.45) is 0 Å². The Labute approximate surface area is 283 Å². The first-order valence-corrected chi connectivity index (χ1v) is 16.6. The molecule has 4 aromatic rings. The number of benzene rings is 2. The number of aliphatic hydroxyl groups is 6. The Morgan fingerprint density at radius 2 is 1.04 bits per heavy atom. The number of rotatable bonds is 10. The zero-order valence-electron chi connectivity index (χ0n) is 26.6. The van der Waals surface area contributed by atoms with E-state index in [1.54, 1.807) is 36.4 Å². The number of aliphatic hydroxyl groups excluding tert-OH is 6. The van der Waals surface area contributed by atoms with Crippen LogP contribution in [0.3, 0.4) is 0 Å². The average molecular weight is 703 g/mol. The van der Waals surface area contributed by atoms with E-state index in [0.29, 0.717) is 21.9 Å². The highest BCUT2D eigenvalue weighted by Crippen LogP contribution is 2.38. The van der Waals surface area contributed by atoms with Crippen LogP contribution in [0.25, 0.3) is 21.9 Å². The minimum Gasteiger partial charge on any atom is -0.422 e. The van der Waals surface area contributed by atoms with Crippen LogP contribution < -0.4 is 11.3 Å². The Morgan fingerprint density at radius 1 is 0.633 bits per heavy atom. The summed E-state index contributed by atoms with van der Waals surface area (Å²) >= 11 is 0.754. The highest BCUT2D eigenvalue weighted by Gasteiger charge is 2.51. The predicted molar refractivity (Wildman–Crippen MR) is 175 cm³/mol. The van der Waals surface area contributed by atoms with Crippen molar-refractivity contribution >= 4 is 33.7 Å². The summed E-state index contributed by atoms with van der Waals surface area (Å²) < 4.78 is 34.0. The van der Waals surface area contributed by atoms with Crippen LogP contribution in [0.5, 0.6) is 0 Å². The van der Waals surface area contributed by atoms with Gasteiger partial charge in [-0.15, -0.1) is 0 Å². The summed E-state index contributed by atoms with van der Waals surface area (Å²) in [5.41, 5.74) is -0.990. The molecule has 0 bridgehead atoms. The van der Waals surface area contributed by atoms with Crippen molar-refractivity contribution in [3.8, 4) is 0 Å². The van der Waals surface area contributed by atoms with E-state index in [9.17, 15) is 40.2 Å². The van der Waals surface area contributed by atoms with E-state index in [0.717, 1.165) is 22.9 Å². The van der Waals surface area contributed by atoms with Gasteiger partial charge in [-0.05, 0) is 49.2 Å². The summed E-state index contributed by atoms with van der Waals surface area (Å²) in [6.07, 6.45) is -11.3. The molecule has 0 spiro atoms. The van der Waals surface area contributed by atoms with Crippen LogP contribution in [0.15, 0.2) is 67.0 Å². The molecule has 2 aromatic carbocycles. The lowest BCUT2D eigenvalue weighted by molar-refractivity contribution is -0.231. The van der Waals surface area contributed by atoms with Gasteiger partial charge in [0.15, 0.2) is 0 Å². The normalized spacial score (nSPS) is 30.6. The molecule has 0 unspecified atom stereocenters. The molecule has 2 saturated heterocycles. The largest absolute Gasteiger partial charge is 0.422 e. The van der Waals surface area contributed by atoms with Gasteiger partial charge in [-0.25, -0.2) is 9.59 Å². The van der Waals surface area contributed by atoms with Gasteiger partial charge >= 0.3 is 11.3 Å². The Bertz CT molecular complexity index is 1760. The maximum Gasteiger partial charge on any atom is 0.341 e. The zero-order valence-corrected chi connectivity index (χ0v) is 27.4. The second-order valence-electron chi connectivity index (χ2n) is 12.3. The number of fused-ring (bicyclic) bond motifs is 2. The Kier molecular flexibility index (Phi) is 10.9. The third-order valence-corrected chi connectivity index (χ3v) is 10.0. The fraction of sp³-hybridized carbons (Fsp3) is 0.471. The van der Waals surface area contributed by atoms with Crippen molar-refractivity contribution in [1.29, 1.82) is 0 Å². The van der Waals surface area contributed by atoms with Gasteiger partial charge in [0.2, 0.25) is 0 Å². The quantitative estimate of drug-likeness (QED) is 0.125. The molecule has 2 aliphatic rings. The highest BCUT2D eigenvalue weighted by molar-refractivity contribution is 8.00. The molecule has 6 rings (SSSR count). The van der Waals surface area contributed by atoms with Crippen LogP contribution >= 0.6 is 11.8 Å². The lowest BCUT2D eigenvalue weighted by atomic mass is 9.99. The number of hydrogen-bond donors (Lipinski definition) is 6. The number of ether oxygens (including phenoxy) is 4. The smallest absolute Gasteiger partial charge is 0.341 e. The summed E-state index contributed by atoms with van der Waals surface area (Å²) in [5, 5.41) is 65.5. The summed E-state index contributed by atoms with van der Waals surface area (Å²) in [7, 11) is 0. The minimum atomic E-state index is -1.57. The van der Waals surface area contributed by atoms with Gasteiger partial charge in [-0.3, -0.25) is 0 Å². The zero-order chi connectivity index (χ0) is 35.0. The van der Waals surface area contributed by atoms with Crippen LogP contribution in [-0.4, -0.2) is 104 Å². The van der Waals surface area contributed by atoms with Crippen LogP contribution in [0, 0.1) is 13.8 Å². The molecular weight excluding hydrogens is 664 g/mol. The molecule has 15 heteroatoms. The first-order chi connectivity index (χ1) is 23.5. The highest BCUT2D eigenvalue weighted by atomic mass is 32.2. The third-order valence-electron chi connectivity index (χ3n) is 8.70. The lowest BCUT2D eigenvalue weighted by Gasteiger charge is -2.46. The van der Waals surface area contributed by atoms with Gasteiger partial charge in [0.05, 0.1) is 37.6 Å². The molecule has 49 heavy (non-hydrogen) atoms.